The molecule has 0 aliphatic carbocycles. The lowest BCUT2D eigenvalue weighted by Crippen LogP contribution is -2.22. The summed E-state index contributed by atoms with van der Waals surface area (Å²) in [6.45, 7) is 1.37. The minimum atomic E-state index is -0.0722. The molecule has 1 amide bonds. The molecule has 0 saturated carbocycles. The largest absolute Gasteiger partial charge is 0.492 e. The van der Waals surface area contributed by atoms with Crippen LogP contribution in [0.3, 0.4) is 0 Å². The highest BCUT2D eigenvalue weighted by atomic mass is 79.9. The number of halogens is 1. The fourth-order valence-corrected chi connectivity index (χ4v) is 5.04. The van der Waals surface area contributed by atoms with Gasteiger partial charge in [-0.15, -0.1) is 0 Å². The molecule has 1 saturated heterocycles. The molecule has 1 fully saturated rings. The monoisotopic (exact) mass is 516 g/mol. The summed E-state index contributed by atoms with van der Waals surface area (Å²) in [5.41, 5.74) is 2.03. The number of carbonyl (C=O) groups is 1. The number of ether oxygens (including phenoxy) is 3. The van der Waals surface area contributed by atoms with Gasteiger partial charge in [0.2, 0.25) is 6.79 Å². The molecule has 0 radical (unpaired) electrons. The van der Waals surface area contributed by atoms with Gasteiger partial charge in [0, 0.05) is 40.2 Å². The van der Waals surface area contributed by atoms with Crippen LogP contribution >= 0.6 is 39.9 Å². The maximum absolute atomic E-state index is 12.4. The first-order chi connectivity index (χ1) is 15.0. The van der Waals surface area contributed by atoms with Crippen molar-refractivity contribution in [1.82, 2.24) is 9.47 Å². The number of hydrogen-bond acceptors (Lipinski definition) is 6. The normalized spacial score (nSPS) is 16.7. The van der Waals surface area contributed by atoms with Gasteiger partial charge < -0.3 is 18.8 Å². The summed E-state index contributed by atoms with van der Waals surface area (Å²) in [6.07, 6.45) is 3.95. The van der Waals surface area contributed by atoms with Gasteiger partial charge >= 0.3 is 0 Å². The molecular formula is C22H17BrN2O4S2. The quantitative estimate of drug-likeness (QED) is 0.349. The lowest BCUT2D eigenvalue weighted by Gasteiger charge is -2.09. The van der Waals surface area contributed by atoms with Crippen molar-refractivity contribution >= 4 is 67.1 Å². The van der Waals surface area contributed by atoms with Crippen LogP contribution in [0.5, 0.6) is 17.2 Å². The van der Waals surface area contributed by atoms with Crippen molar-refractivity contribution < 1.29 is 19.0 Å². The van der Waals surface area contributed by atoms with E-state index in [1.807, 2.05) is 36.5 Å². The first-order valence-electron chi connectivity index (χ1n) is 9.52. The molecule has 2 aliphatic rings. The fourth-order valence-electron chi connectivity index (χ4n) is 3.51. The molecule has 1 aromatic heterocycles. The lowest BCUT2D eigenvalue weighted by molar-refractivity contribution is -0.121. The summed E-state index contributed by atoms with van der Waals surface area (Å²) in [6, 6.07) is 11.7. The van der Waals surface area contributed by atoms with Crippen LogP contribution in [-0.2, 0) is 11.3 Å². The first-order valence-corrected chi connectivity index (χ1v) is 11.5. The Kier molecular flexibility index (Phi) is 5.41. The summed E-state index contributed by atoms with van der Waals surface area (Å²) >= 11 is 10.1. The second kappa shape index (κ2) is 8.22. The molecule has 5 rings (SSSR count). The van der Waals surface area contributed by atoms with Gasteiger partial charge in [-0.05, 0) is 36.4 Å². The number of thiocarbonyl (C=S) groups is 1. The molecule has 3 heterocycles. The third-order valence-electron chi connectivity index (χ3n) is 5.09. The zero-order valence-corrected chi connectivity index (χ0v) is 19.7. The zero-order valence-electron chi connectivity index (χ0n) is 16.5. The molecule has 6 nitrogen and oxygen atoms in total. The van der Waals surface area contributed by atoms with Gasteiger partial charge in [0.05, 0.1) is 11.4 Å². The number of nitrogens with zero attached hydrogens (tertiary/aromatic N) is 2. The number of aromatic nitrogens is 1. The van der Waals surface area contributed by atoms with Gasteiger partial charge in [-0.3, -0.25) is 9.69 Å². The number of rotatable bonds is 5. The molecule has 0 spiro atoms. The molecule has 2 aliphatic heterocycles. The van der Waals surface area contributed by atoms with Gasteiger partial charge in [-0.2, -0.15) is 0 Å². The van der Waals surface area contributed by atoms with E-state index in [1.54, 1.807) is 7.05 Å². The zero-order chi connectivity index (χ0) is 21.5. The number of thioether (sulfide) groups is 1. The van der Waals surface area contributed by atoms with Gasteiger partial charge in [0.1, 0.15) is 16.7 Å². The van der Waals surface area contributed by atoms with Crippen LogP contribution < -0.4 is 14.2 Å². The minimum absolute atomic E-state index is 0.0722. The SMILES string of the molecule is CN1C(=O)/C(=C/c2cn(CCOc3ccc4c(c3)OCO4)c3ccc(Br)cc23)SC1=S. The van der Waals surface area contributed by atoms with Crippen LogP contribution in [0.1, 0.15) is 5.56 Å². The number of carbonyl (C=O) groups excluding carboxylic acids is 1. The number of fused-ring (bicyclic) bond motifs is 2. The standard InChI is InChI=1S/C22H17BrN2O4S2/c1-24-21(26)20(31-22(24)30)8-13-11-25(17-4-2-14(23)9-16(13)17)6-7-27-15-3-5-18-19(10-15)29-12-28-18/h2-5,8-11H,6-7,12H2,1H3/b20-8-. The first kappa shape index (κ1) is 20.4. The Morgan fingerprint density at radius 2 is 2.06 bits per heavy atom. The summed E-state index contributed by atoms with van der Waals surface area (Å²) < 4.78 is 20.3. The van der Waals surface area contributed by atoms with Crippen LogP contribution in [0.15, 0.2) is 52.0 Å². The maximum Gasteiger partial charge on any atom is 0.265 e. The Balaban J connectivity index is 1.39. The Morgan fingerprint density at radius 1 is 1.23 bits per heavy atom. The third kappa shape index (κ3) is 3.93. The summed E-state index contributed by atoms with van der Waals surface area (Å²) in [5, 5.41) is 1.05. The van der Waals surface area contributed by atoms with Crippen molar-refractivity contribution in [2.75, 3.05) is 20.4 Å². The molecule has 3 aromatic rings. The van der Waals surface area contributed by atoms with E-state index in [-0.39, 0.29) is 12.7 Å². The van der Waals surface area contributed by atoms with Crippen molar-refractivity contribution in [1.29, 1.82) is 0 Å². The molecule has 0 atom stereocenters. The highest BCUT2D eigenvalue weighted by molar-refractivity contribution is 9.10. The number of amides is 1. The molecule has 9 heteroatoms. The molecule has 0 unspecified atom stereocenters. The van der Waals surface area contributed by atoms with Gasteiger partial charge in [-0.1, -0.05) is 39.9 Å². The lowest BCUT2D eigenvalue weighted by atomic mass is 10.1. The Bertz CT molecular complexity index is 1250. The summed E-state index contributed by atoms with van der Waals surface area (Å²) in [7, 11) is 1.70. The number of benzene rings is 2. The molecule has 158 valence electrons. The predicted molar refractivity (Wildman–Crippen MR) is 129 cm³/mol. The van der Waals surface area contributed by atoms with Crippen LogP contribution in [0.4, 0.5) is 0 Å². The van der Waals surface area contributed by atoms with E-state index in [1.165, 1.54) is 16.7 Å². The van der Waals surface area contributed by atoms with Crippen LogP contribution in [-0.4, -0.2) is 40.1 Å². The Morgan fingerprint density at radius 3 is 2.87 bits per heavy atom. The smallest absolute Gasteiger partial charge is 0.265 e. The van der Waals surface area contributed by atoms with Crippen molar-refractivity contribution in [2.45, 2.75) is 6.54 Å². The highest BCUT2D eigenvalue weighted by Crippen LogP contribution is 2.36. The van der Waals surface area contributed by atoms with E-state index in [0.29, 0.717) is 28.1 Å². The van der Waals surface area contributed by atoms with Crippen molar-refractivity contribution in [3.63, 3.8) is 0 Å². The fraction of sp³-hybridized carbons (Fsp3) is 0.182. The molecule has 0 N–H and O–H groups in total. The van der Waals surface area contributed by atoms with E-state index in [4.69, 9.17) is 26.4 Å². The number of likely N-dealkylation sites (N-methyl/N-ethyl adjacent to an activating group) is 1. The maximum atomic E-state index is 12.4. The van der Waals surface area contributed by atoms with Gasteiger partial charge in [0.15, 0.2) is 11.5 Å². The van der Waals surface area contributed by atoms with Crippen molar-refractivity contribution in [2.24, 2.45) is 0 Å². The molecule has 2 aromatic carbocycles. The van der Waals surface area contributed by atoms with Crippen molar-refractivity contribution in [3.05, 3.63) is 57.5 Å². The third-order valence-corrected chi connectivity index (χ3v) is 7.07. The number of hydrogen-bond donors (Lipinski definition) is 0. The van der Waals surface area contributed by atoms with E-state index in [0.717, 1.165) is 32.4 Å². The molecule has 31 heavy (non-hydrogen) atoms. The second-order valence-electron chi connectivity index (χ2n) is 7.04. The Hall–Kier alpha value is -2.49. The van der Waals surface area contributed by atoms with E-state index in [9.17, 15) is 4.79 Å². The molecular weight excluding hydrogens is 500 g/mol. The summed E-state index contributed by atoms with van der Waals surface area (Å²) in [5.74, 6) is 2.09. The Labute approximate surface area is 196 Å². The highest BCUT2D eigenvalue weighted by Gasteiger charge is 2.29. The van der Waals surface area contributed by atoms with Crippen LogP contribution in [0.2, 0.25) is 0 Å². The topological polar surface area (TPSA) is 52.9 Å². The average Bonchev–Trinajstić information content (AvgIpc) is 3.42. The van der Waals surface area contributed by atoms with E-state index >= 15 is 0 Å². The minimum Gasteiger partial charge on any atom is -0.492 e. The van der Waals surface area contributed by atoms with Crippen LogP contribution in [0, 0.1) is 0 Å². The van der Waals surface area contributed by atoms with E-state index < -0.39 is 0 Å². The molecule has 0 bridgehead atoms. The summed E-state index contributed by atoms with van der Waals surface area (Å²) in [4.78, 5) is 14.6. The second-order valence-corrected chi connectivity index (χ2v) is 9.64. The predicted octanol–water partition coefficient (Wildman–Crippen LogP) is 5.04. The van der Waals surface area contributed by atoms with Gasteiger partial charge in [0.25, 0.3) is 5.91 Å². The van der Waals surface area contributed by atoms with Crippen molar-refractivity contribution in [3.8, 4) is 17.2 Å². The van der Waals surface area contributed by atoms with Crippen LogP contribution in [0.25, 0.3) is 17.0 Å². The van der Waals surface area contributed by atoms with Gasteiger partial charge in [-0.25, -0.2) is 0 Å². The van der Waals surface area contributed by atoms with E-state index in [2.05, 4.69) is 32.6 Å². The average molecular weight is 517 g/mol.